The van der Waals surface area contributed by atoms with Crippen LogP contribution in [0.5, 0.6) is 5.75 Å². The van der Waals surface area contributed by atoms with Gasteiger partial charge in [0.2, 0.25) is 0 Å². The Morgan fingerprint density at radius 3 is 2.27 bits per heavy atom. The molecule has 0 amide bonds. The summed E-state index contributed by atoms with van der Waals surface area (Å²) < 4.78 is 17.1. The SMILES string of the molecule is N[C@H](C(=O)OCc1ccccc1)c1ccc(OCCOC2CCCCCCC2)cc1. The van der Waals surface area contributed by atoms with E-state index in [9.17, 15) is 4.79 Å². The molecule has 2 aromatic rings. The highest BCUT2D eigenvalue weighted by molar-refractivity contribution is 5.77. The zero-order valence-corrected chi connectivity index (χ0v) is 17.6. The fourth-order valence-electron chi connectivity index (χ4n) is 3.69. The molecule has 3 rings (SSSR count). The first-order chi connectivity index (χ1) is 14.7. The second-order valence-corrected chi connectivity index (χ2v) is 7.83. The highest BCUT2D eigenvalue weighted by Crippen LogP contribution is 2.20. The van der Waals surface area contributed by atoms with Crippen LogP contribution in [0.15, 0.2) is 54.6 Å². The molecule has 2 N–H and O–H groups in total. The van der Waals surface area contributed by atoms with E-state index in [-0.39, 0.29) is 6.61 Å². The second kappa shape index (κ2) is 12.4. The van der Waals surface area contributed by atoms with E-state index in [0.29, 0.717) is 24.9 Å². The van der Waals surface area contributed by atoms with Gasteiger partial charge in [-0.2, -0.15) is 0 Å². The van der Waals surface area contributed by atoms with Gasteiger partial charge in [0.25, 0.3) is 0 Å². The molecule has 1 atom stereocenters. The van der Waals surface area contributed by atoms with Crippen LogP contribution in [0.1, 0.15) is 62.1 Å². The molecule has 162 valence electrons. The number of rotatable bonds is 9. The van der Waals surface area contributed by atoms with Gasteiger partial charge in [0.15, 0.2) is 0 Å². The number of nitrogens with two attached hydrogens (primary N) is 1. The molecular weight excluding hydrogens is 378 g/mol. The predicted molar refractivity (Wildman–Crippen MR) is 117 cm³/mol. The minimum Gasteiger partial charge on any atom is -0.491 e. The zero-order valence-electron chi connectivity index (χ0n) is 17.6. The summed E-state index contributed by atoms with van der Waals surface area (Å²) in [5, 5.41) is 0. The molecule has 0 spiro atoms. The standard InChI is InChI=1S/C25H33NO4/c26-24(25(27)30-19-20-9-5-4-6-10-20)21-13-15-23(16-14-21)29-18-17-28-22-11-7-2-1-3-8-12-22/h4-6,9-10,13-16,22,24H,1-3,7-8,11-12,17-19,26H2/t24-/m0/s1. The van der Waals surface area contributed by atoms with E-state index in [4.69, 9.17) is 19.9 Å². The van der Waals surface area contributed by atoms with Gasteiger partial charge in [-0.25, -0.2) is 4.79 Å². The van der Waals surface area contributed by atoms with Crippen LogP contribution < -0.4 is 10.5 Å². The molecule has 1 saturated carbocycles. The Morgan fingerprint density at radius 1 is 0.900 bits per heavy atom. The van der Waals surface area contributed by atoms with E-state index in [0.717, 1.165) is 24.2 Å². The van der Waals surface area contributed by atoms with Gasteiger partial charge >= 0.3 is 5.97 Å². The number of ether oxygens (including phenoxy) is 3. The highest BCUT2D eigenvalue weighted by atomic mass is 16.5. The van der Waals surface area contributed by atoms with Gasteiger partial charge in [-0.3, -0.25) is 0 Å². The second-order valence-electron chi connectivity index (χ2n) is 7.83. The van der Waals surface area contributed by atoms with Gasteiger partial charge in [-0.05, 0) is 36.1 Å². The molecule has 1 fully saturated rings. The first-order valence-corrected chi connectivity index (χ1v) is 11.0. The third-order valence-electron chi connectivity index (χ3n) is 5.47. The van der Waals surface area contributed by atoms with Crippen molar-refractivity contribution in [2.24, 2.45) is 5.73 Å². The summed E-state index contributed by atoms with van der Waals surface area (Å²) >= 11 is 0. The minimum absolute atomic E-state index is 0.218. The largest absolute Gasteiger partial charge is 0.491 e. The first kappa shape index (κ1) is 22.3. The van der Waals surface area contributed by atoms with Gasteiger partial charge < -0.3 is 19.9 Å². The van der Waals surface area contributed by atoms with Gasteiger partial charge in [-0.1, -0.05) is 74.6 Å². The van der Waals surface area contributed by atoms with Crippen molar-refractivity contribution in [3.63, 3.8) is 0 Å². The maximum absolute atomic E-state index is 12.2. The van der Waals surface area contributed by atoms with E-state index in [1.54, 1.807) is 12.1 Å². The molecule has 0 heterocycles. The molecule has 1 aliphatic rings. The monoisotopic (exact) mass is 411 g/mol. The highest BCUT2D eigenvalue weighted by Gasteiger charge is 2.17. The number of carbonyl (C=O) groups is 1. The summed E-state index contributed by atoms with van der Waals surface area (Å²) in [5.41, 5.74) is 7.68. The molecule has 1 aliphatic carbocycles. The molecule has 0 unspecified atom stereocenters. The Bertz CT molecular complexity index is 740. The Labute approximate surface area is 179 Å². The van der Waals surface area contributed by atoms with E-state index in [2.05, 4.69) is 0 Å². The lowest BCUT2D eigenvalue weighted by atomic mass is 9.99. The Kier molecular flexibility index (Phi) is 9.19. The molecular formula is C25H33NO4. The number of carbonyl (C=O) groups excluding carboxylic acids is 1. The Hall–Kier alpha value is -2.37. The third kappa shape index (κ3) is 7.47. The quantitative estimate of drug-likeness (QED) is 0.467. The van der Waals surface area contributed by atoms with Gasteiger partial charge in [-0.15, -0.1) is 0 Å². The molecule has 30 heavy (non-hydrogen) atoms. The van der Waals surface area contributed by atoms with Crippen molar-refractivity contribution in [1.29, 1.82) is 0 Å². The topological polar surface area (TPSA) is 70.8 Å². The lowest BCUT2D eigenvalue weighted by Crippen LogP contribution is -2.23. The van der Waals surface area contributed by atoms with Crippen molar-refractivity contribution in [3.8, 4) is 5.75 Å². The molecule has 0 radical (unpaired) electrons. The molecule has 0 bridgehead atoms. The maximum Gasteiger partial charge on any atom is 0.327 e. The molecule has 0 aliphatic heterocycles. The molecule has 5 heteroatoms. The van der Waals surface area contributed by atoms with E-state index < -0.39 is 12.0 Å². The van der Waals surface area contributed by atoms with Crippen molar-refractivity contribution in [2.75, 3.05) is 13.2 Å². The smallest absolute Gasteiger partial charge is 0.327 e. The number of benzene rings is 2. The summed E-state index contributed by atoms with van der Waals surface area (Å²) in [7, 11) is 0. The van der Waals surface area contributed by atoms with Crippen molar-refractivity contribution in [3.05, 3.63) is 65.7 Å². The van der Waals surface area contributed by atoms with Gasteiger partial charge in [0.1, 0.15) is 25.0 Å². The van der Waals surface area contributed by atoms with Crippen LogP contribution in [0, 0.1) is 0 Å². The van der Waals surface area contributed by atoms with Crippen LogP contribution in [-0.2, 0) is 20.9 Å². The lowest BCUT2D eigenvalue weighted by Gasteiger charge is -2.20. The summed E-state index contributed by atoms with van der Waals surface area (Å²) in [6.45, 7) is 1.33. The summed E-state index contributed by atoms with van der Waals surface area (Å²) in [4.78, 5) is 12.2. The van der Waals surface area contributed by atoms with Crippen molar-refractivity contribution < 1.29 is 19.0 Å². The van der Waals surface area contributed by atoms with Crippen LogP contribution >= 0.6 is 0 Å². The van der Waals surface area contributed by atoms with Crippen LogP contribution in [-0.4, -0.2) is 25.3 Å². The number of hydrogen-bond acceptors (Lipinski definition) is 5. The lowest BCUT2D eigenvalue weighted by molar-refractivity contribution is -0.146. The first-order valence-electron chi connectivity index (χ1n) is 11.0. The van der Waals surface area contributed by atoms with E-state index in [1.165, 1.54) is 32.1 Å². The maximum atomic E-state index is 12.2. The van der Waals surface area contributed by atoms with Crippen LogP contribution in [0.2, 0.25) is 0 Å². The fourth-order valence-corrected chi connectivity index (χ4v) is 3.69. The van der Waals surface area contributed by atoms with Gasteiger partial charge in [0.05, 0.1) is 12.7 Å². The van der Waals surface area contributed by atoms with Crippen LogP contribution in [0.4, 0.5) is 0 Å². The average molecular weight is 412 g/mol. The van der Waals surface area contributed by atoms with Crippen LogP contribution in [0.3, 0.4) is 0 Å². The Balaban J connectivity index is 1.37. The predicted octanol–water partition coefficient (Wildman–Crippen LogP) is 4.94. The average Bonchev–Trinajstić information content (AvgIpc) is 2.77. The fraction of sp³-hybridized carbons (Fsp3) is 0.480. The number of esters is 1. The van der Waals surface area contributed by atoms with Crippen LogP contribution in [0.25, 0.3) is 0 Å². The van der Waals surface area contributed by atoms with E-state index in [1.807, 2.05) is 42.5 Å². The summed E-state index contributed by atoms with van der Waals surface area (Å²) in [5.74, 6) is 0.296. The summed E-state index contributed by atoms with van der Waals surface area (Å²) in [6.07, 6.45) is 9.23. The number of hydrogen-bond donors (Lipinski definition) is 1. The molecule has 5 nitrogen and oxygen atoms in total. The molecule has 2 aromatic carbocycles. The minimum atomic E-state index is -0.814. The zero-order chi connectivity index (χ0) is 21.0. The molecule has 0 aromatic heterocycles. The third-order valence-corrected chi connectivity index (χ3v) is 5.47. The van der Waals surface area contributed by atoms with Gasteiger partial charge in [0, 0.05) is 0 Å². The van der Waals surface area contributed by atoms with Crippen molar-refractivity contribution in [2.45, 2.75) is 63.7 Å². The summed E-state index contributed by atoms with van der Waals surface area (Å²) in [6, 6.07) is 16.0. The van der Waals surface area contributed by atoms with Crippen molar-refractivity contribution >= 4 is 5.97 Å². The van der Waals surface area contributed by atoms with Crippen molar-refractivity contribution in [1.82, 2.24) is 0 Å². The Morgan fingerprint density at radius 2 is 1.57 bits per heavy atom. The normalized spacial score (nSPS) is 16.3. The van der Waals surface area contributed by atoms with E-state index >= 15 is 0 Å². The molecule has 0 saturated heterocycles.